The fourth-order valence-electron chi connectivity index (χ4n) is 1.62. The van der Waals surface area contributed by atoms with Gasteiger partial charge in [0.2, 0.25) is 0 Å². The number of alkyl halides is 1. The van der Waals surface area contributed by atoms with Crippen LogP contribution < -0.4 is 5.01 Å². The Morgan fingerprint density at radius 1 is 1.40 bits per heavy atom. The Morgan fingerprint density at radius 3 is 2.73 bits per heavy atom. The van der Waals surface area contributed by atoms with E-state index in [0.717, 1.165) is 16.9 Å². The molecule has 0 radical (unpaired) electrons. The number of hydrogen-bond donors (Lipinski definition) is 0. The van der Waals surface area contributed by atoms with Crippen molar-refractivity contribution in [3.05, 3.63) is 29.0 Å². The van der Waals surface area contributed by atoms with Crippen LogP contribution in [0.15, 0.2) is 18.2 Å². The van der Waals surface area contributed by atoms with Crippen LogP contribution in [0.1, 0.15) is 5.82 Å². The van der Waals surface area contributed by atoms with Gasteiger partial charge in [0.25, 0.3) is 0 Å². The van der Waals surface area contributed by atoms with Gasteiger partial charge in [-0.2, -0.15) is 0 Å². The molecule has 1 aromatic heterocycles. The van der Waals surface area contributed by atoms with Crippen LogP contribution in [0.2, 0.25) is 5.02 Å². The van der Waals surface area contributed by atoms with Gasteiger partial charge in [-0.1, -0.05) is 11.6 Å². The van der Waals surface area contributed by atoms with Gasteiger partial charge in [-0.15, -0.1) is 11.6 Å². The predicted octanol–water partition coefficient (Wildman–Crippen LogP) is 2.63. The summed E-state index contributed by atoms with van der Waals surface area (Å²) in [5.74, 6) is 1.20. The monoisotopic (exact) mass is 243 g/mol. The maximum absolute atomic E-state index is 5.91. The molecule has 80 valence electrons. The molecule has 2 aromatic rings. The average Bonchev–Trinajstić information content (AvgIpc) is 2.54. The van der Waals surface area contributed by atoms with Crippen molar-refractivity contribution >= 4 is 34.2 Å². The normalized spacial score (nSPS) is 10.9. The third kappa shape index (κ3) is 1.77. The molecule has 1 heterocycles. The Hall–Kier alpha value is -0.930. The van der Waals surface area contributed by atoms with E-state index in [0.29, 0.717) is 10.9 Å². The summed E-state index contributed by atoms with van der Waals surface area (Å²) in [5.41, 5.74) is 1.88. The Bertz CT molecular complexity index is 491. The molecule has 2 rings (SSSR count). The zero-order valence-corrected chi connectivity index (χ0v) is 10.0. The van der Waals surface area contributed by atoms with Crippen molar-refractivity contribution in [3.8, 4) is 0 Å². The van der Waals surface area contributed by atoms with Gasteiger partial charge < -0.3 is 5.01 Å². The maximum atomic E-state index is 5.91. The zero-order chi connectivity index (χ0) is 11.0. The van der Waals surface area contributed by atoms with Crippen molar-refractivity contribution < 1.29 is 0 Å². The average molecular weight is 244 g/mol. The molecule has 0 saturated carbocycles. The number of fused-ring (bicyclic) bond motifs is 1. The molecule has 0 bridgehead atoms. The number of imidazole rings is 1. The molecule has 0 aliphatic rings. The fraction of sp³-hybridized carbons (Fsp3) is 0.300. The van der Waals surface area contributed by atoms with E-state index in [1.807, 2.05) is 42.0 Å². The summed E-state index contributed by atoms with van der Waals surface area (Å²) in [6.07, 6.45) is 0. The summed E-state index contributed by atoms with van der Waals surface area (Å²) in [6, 6.07) is 5.64. The lowest BCUT2D eigenvalue weighted by Crippen LogP contribution is -2.26. The molecule has 0 aliphatic carbocycles. The smallest absolute Gasteiger partial charge is 0.143 e. The highest BCUT2D eigenvalue weighted by Crippen LogP contribution is 2.21. The fourth-order valence-corrected chi connectivity index (χ4v) is 1.96. The number of hydrogen-bond acceptors (Lipinski definition) is 2. The molecule has 0 N–H and O–H groups in total. The first-order chi connectivity index (χ1) is 7.13. The lowest BCUT2D eigenvalue weighted by molar-refractivity contribution is 0.719. The highest BCUT2D eigenvalue weighted by atomic mass is 35.5. The largest absolute Gasteiger partial charge is 0.317 e. The molecule has 0 amide bonds. The van der Waals surface area contributed by atoms with E-state index in [1.165, 1.54) is 0 Å². The van der Waals surface area contributed by atoms with Gasteiger partial charge in [0.15, 0.2) is 0 Å². The van der Waals surface area contributed by atoms with E-state index < -0.39 is 0 Å². The highest BCUT2D eigenvalue weighted by Gasteiger charge is 2.11. The minimum absolute atomic E-state index is 0.379. The van der Waals surface area contributed by atoms with Crippen LogP contribution in [-0.2, 0) is 5.88 Å². The number of halogens is 2. The second kappa shape index (κ2) is 3.91. The summed E-state index contributed by atoms with van der Waals surface area (Å²) >= 11 is 11.8. The quantitative estimate of drug-likeness (QED) is 0.757. The van der Waals surface area contributed by atoms with Gasteiger partial charge in [0.05, 0.1) is 16.9 Å². The van der Waals surface area contributed by atoms with Crippen LogP contribution >= 0.6 is 23.2 Å². The van der Waals surface area contributed by atoms with Crippen LogP contribution in [0.4, 0.5) is 0 Å². The van der Waals surface area contributed by atoms with E-state index in [1.54, 1.807) is 0 Å². The topological polar surface area (TPSA) is 21.1 Å². The summed E-state index contributed by atoms with van der Waals surface area (Å²) in [6.45, 7) is 0. The Balaban J connectivity index is 2.74. The van der Waals surface area contributed by atoms with Gasteiger partial charge in [-0.3, -0.25) is 0 Å². The third-order valence-electron chi connectivity index (χ3n) is 2.18. The number of benzene rings is 1. The second-order valence-electron chi connectivity index (χ2n) is 3.45. The summed E-state index contributed by atoms with van der Waals surface area (Å²) in [5, 5.41) is 2.63. The Labute approximate surface area is 98.2 Å². The van der Waals surface area contributed by atoms with Gasteiger partial charge >= 0.3 is 0 Å². The molecule has 3 nitrogen and oxygen atoms in total. The lowest BCUT2D eigenvalue weighted by Gasteiger charge is -2.17. The van der Waals surface area contributed by atoms with E-state index in [4.69, 9.17) is 23.2 Å². The minimum Gasteiger partial charge on any atom is -0.317 e. The van der Waals surface area contributed by atoms with Crippen LogP contribution in [-0.4, -0.2) is 23.8 Å². The van der Waals surface area contributed by atoms with Crippen LogP contribution in [0.25, 0.3) is 11.0 Å². The zero-order valence-electron chi connectivity index (χ0n) is 8.54. The van der Waals surface area contributed by atoms with Crippen LogP contribution in [0, 0.1) is 0 Å². The highest BCUT2D eigenvalue weighted by molar-refractivity contribution is 6.31. The number of rotatable bonds is 2. The molecule has 5 heteroatoms. The summed E-state index contributed by atoms with van der Waals surface area (Å²) in [7, 11) is 3.90. The van der Waals surface area contributed by atoms with Crippen molar-refractivity contribution in [1.82, 2.24) is 9.66 Å². The number of nitrogens with zero attached hydrogens (tertiary/aromatic N) is 3. The lowest BCUT2D eigenvalue weighted by atomic mass is 10.3. The molecule has 1 aromatic carbocycles. The predicted molar refractivity (Wildman–Crippen MR) is 64.4 cm³/mol. The second-order valence-corrected chi connectivity index (χ2v) is 4.16. The minimum atomic E-state index is 0.379. The molecule has 0 unspecified atom stereocenters. The number of aromatic nitrogens is 2. The summed E-state index contributed by atoms with van der Waals surface area (Å²) in [4.78, 5) is 4.42. The molecule has 0 saturated heterocycles. The molecule has 0 aliphatic heterocycles. The molecular weight excluding hydrogens is 233 g/mol. The van der Waals surface area contributed by atoms with E-state index in [9.17, 15) is 0 Å². The Morgan fingerprint density at radius 2 is 2.13 bits per heavy atom. The SMILES string of the molecule is CN(C)n1c(CCl)nc2cc(Cl)ccc21. The molecular formula is C10H11Cl2N3. The van der Waals surface area contributed by atoms with Gasteiger partial charge in [-0.25, -0.2) is 9.66 Å². The van der Waals surface area contributed by atoms with Crippen LogP contribution in [0.5, 0.6) is 0 Å². The first-order valence-corrected chi connectivity index (χ1v) is 5.45. The standard InChI is InChI=1S/C10H11Cl2N3/c1-14(2)15-9-4-3-7(12)5-8(9)13-10(15)6-11/h3-5H,6H2,1-2H3. The van der Waals surface area contributed by atoms with Gasteiger partial charge in [0, 0.05) is 19.1 Å². The van der Waals surface area contributed by atoms with Gasteiger partial charge in [0.1, 0.15) is 5.82 Å². The first-order valence-electron chi connectivity index (χ1n) is 4.54. The van der Waals surface area contributed by atoms with Crippen molar-refractivity contribution in [2.75, 3.05) is 19.1 Å². The maximum Gasteiger partial charge on any atom is 0.143 e. The first kappa shape index (κ1) is 10.6. The van der Waals surface area contributed by atoms with Gasteiger partial charge in [-0.05, 0) is 18.2 Å². The van der Waals surface area contributed by atoms with E-state index in [-0.39, 0.29) is 0 Å². The van der Waals surface area contributed by atoms with Crippen LogP contribution in [0.3, 0.4) is 0 Å². The van der Waals surface area contributed by atoms with Crippen molar-refractivity contribution in [2.24, 2.45) is 0 Å². The van der Waals surface area contributed by atoms with E-state index in [2.05, 4.69) is 4.98 Å². The summed E-state index contributed by atoms with van der Waals surface area (Å²) < 4.78 is 1.97. The third-order valence-corrected chi connectivity index (χ3v) is 2.65. The molecule has 0 fully saturated rings. The van der Waals surface area contributed by atoms with E-state index >= 15 is 0 Å². The molecule has 0 atom stereocenters. The van der Waals surface area contributed by atoms with Crippen molar-refractivity contribution in [3.63, 3.8) is 0 Å². The Kier molecular flexibility index (Phi) is 2.76. The van der Waals surface area contributed by atoms with Crippen molar-refractivity contribution in [1.29, 1.82) is 0 Å². The molecule has 15 heavy (non-hydrogen) atoms. The van der Waals surface area contributed by atoms with Crippen molar-refractivity contribution in [2.45, 2.75) is 5.88 Å². The molecule has 0 spiro atoms.